The Hall–Kier alpha value is -2.04. The van der Waals surface area contributed by atoms with Gasteiger partial charge in [-0.05, 0) is 25.0 Å². The van der Waals surface area contributed by atoms with Gasteiger partial charge in [-0.15, -0.1) is 0 Å². The molecule has 0 aliphatic carbocycles. The molecular formula is C13H17NO4. The van der Waals surface area contributed by atoms with Crippen molar-refractivity contribution in [3.05, 3.63) is 24.3 Å². The number of carbonyl (C=O) groups is 2. The van der Waals surface area contributed by atoms with E-state index in [0.29, 0.717) is 30.7 Å². The van der Waals surface area contributed by atoms with Crippen LogP contribution in [0.2, 0.25) is 0 Å². The molecule has 1 rings (SSSR count). The van der Waals surface area contributed by atoms with Crippen molar-refractivity contribution in [1.29, 1.82) is 0 Å². The first-order valence-electron chi connectivity index (χ1n) is 5.78. The fraction of sp³-hybridized carbons (Fsp3) is 0.385. The van der Waals surface area contributed by atoms with Gasteiger partial charge in [0, 0.05) is 12.8 Å². The molecule has 2 N–H and O–H groups in total. The lowest BCUT2D eigenvalue weighted by atomic mass is 10.2. The lowest BCUT2D eigenvalue weighted by Crippen LogP contribution is -2.12. The predicted octanol–water partition coefficient (Wildman–Crippen LogP) is 2.28. The van der Waals surface area contributed by atoms with E-state index in [0.717, 1.165) is 0 Å². The van der Waals surface area contributed by atoms with Gasteiger partial charge in [-0.2, -0.15) is 0 Å². The zero-order valence-electron chi connectivity index (χ0n) is 10.3. The van der Waals surface area contributed by atoms with Gasteiger partial charge in [0.25, 0.3) is 0 Å². The molecule has 1 aromatic rings. The van der Waals surface area contributed by atoms with Gasteiger partial charge in [-0.3, -0.25) is 9.59 Å². The number of amides is 1. The van der Waals surface area contributed by atoms with Crippen LogP contribution in [0.25, 0.3) is 0 Å². The second-order valence-electron chi connectivity index (χ2n) is 3.85. The second-order valence-corrected chi connectivity index (χ2v) is 3.85. The van der Waals surface area contributed by atoms with Crippen LogP contribution < -0.4 is 10.1 Å². The van der Waals surface area contributed by atoms with Crippen LogP contribution in [0, 0.1) is 0 Å². The van der Waals surface area contributed by atoms with Gasteiger partial charge in [-0.25, -0.2) is 0 Å². The molecule has 5 nitrogen and oxygen atoms in total. The number of carboxylic acid groups (broad SMARTS) is 1. The van der Waals surface area contributed by atoms with E-state index >= 15 is 0 Å². The molecule has 1 amide bonds. The van der Waals surface area contributed by atoms with Gasteiger partial charge >= 0.3 is 5.97 Å². The number of para-hydroxylation sites is 2. The van der Waals surface area contributed by atoms with Crippen molar-refractivity contribution in [2.75, 3.05) is 12.4 Å². The summed E-state index contributed by atoms with van der Waals surface area (Å²) in [4.78, 5) is 21.9. The first-order chi connectivity index (χ1) is 8.63. The third-order valence-corrected chi connectivity index (χ3v) is 2.43. The molecule has 0 aliphatic rings. The molecule has 0 unspecified atom stereocenters. The molecule has 0 radical (unpaired) electrons. The maximum absolute atomic E-state index is 11.6. The van der Waals surface area contributed by atoms with E-state index in [-0.39, 0.29) is 12.3 Å². The quantitative estimate of drug-likeness (QED) is 0.729. The highest BCUT2D eigenvalue weighted by Crippen LogP contribution is 2.23. The Balaban J connectivity index is 2.37. The molecule has 0 saturated heterocycles. The van der Waals surface area contributed by atoms with E-state index < -0.39 is 5.97 Å². The molecule has 18 heavy (non-hydrogen) atoms. The number of ether oxygens (including phenoxy) is 1. The summed E-state index contributed by atoms with van der Waals surface area (Å²) in [5.74, 6) is -0.360. The Morgan fingerprint density at radius 2 is 1.89 bits per heavy atom. The van der Waals surface area contributed by atoms with Crippen LogP contribution in [0.15, 0.2) is 24.3 Å². The summed E-state index contributed by atoms with van der Waals surface area (Å²) in [7, 11) is 1.54. The second kappa shape index (κ2) is 7.32. The molecule has 1 aromatic carbocycles. The van der Waals surface area contributed by atoms with Gasteiger partial charge < -0.3 is 15.2 Å². The van der Waals surface area contributed by atoms with E-state index in [1.165, 1.54) is 7.11 Å². The zero-order valence-corrected chi connectivity index (χ0v) is 10.3. The first kappa shape index (κ1) is 14.0. The molecule has 0 fully saturated rings. The highest BCUT2D eigenvalue weighted by atomic mass is 16.5. The third kappa shape index (κ3) is 4.86. The van der Waals surface area contributed by atoms with Crippen molar-refractivity contribution in [3.8, 4) is 5.75 Å². The number of hydrogen-bond donors (Lipinski definition) is 2. The molecule has 0 bridgehead atoms. The summed E-state index contributed by atoms with van der Waals surface area (Å²) >= 11 is 0. The first-order valence-corrected chi connectivity index (χ1v) is 5.78. The molecule has 98 valence electrons. The van der Waals surface area contributed by atoms with Crippen molar-refractivity contribution in [1.82, 2.24) is 0 Å². The molecule has 0 saturated carbocycles. The summed E-state index contributed by atoms with van der Waals surface area (Å²) in [5, 5.41) is 11.2. The Bertz CT molecular complexity index is 417. The summed E-state index contributed by atoms with van der Waals surface area (Å²) in [5.41, 5.74) is 0.628. The number of rotatable bonds is 7. The highest BCUT2D eigenvalue weighted by Gasteiger charge is 2.06. The van der Waals surface area contributed by atoms with E-state index in [4.69, 9.17) is 9.84 Å². The maximum atomic E-state index is 11.6. The number of unbranched alkanes of at least 4 members (excludes halogenated alkanes) is 1. The minimum atomic E-state index is -0.833. The van der Waals surface area contributed by atoms with Crippen molar-refractivity contribution in [2.24, 2.45) is 0 Å². The summed E-state index contributed by atoms with van der Waals surface area (Å²) in [6, 6.07) is 7.15. The predicted molar refractivity (Wildman–Crippen MR) is 67.7 cm³/mol. The fourth-order valence-electron chi connectivity index (χ4n) is 1.52. The number of carboxylic acids is 1. The van der Waals surface area contributed by atoms with Gasteiger partial charge in [-0.1, -0.05) is 12.1 Å². The minimum absolute atomic E-state index is 0.0991. The number of benzene rings is 1. The average Bonchev–Trinajstić information content (AvgIpc) is 2.35. The van der Waals surface area contributed by atoms with Gasteiger partial charge in [0.1, 0.15) is 5.75 Å². The standard InChI is InChI=1S/C13H17NO4/c1-18-11-7-3-2-6-10(11)14-12(15)8-4-5-9-13(16)17/h2-3,6-7H,4-5,8-9H2,1H3,(H,14,15)(H,16,17). The number of methoxy groups -OCH3 is 1. The lowest BCUT2D eigenvalue weighted by Gasteiger charge is -2.09. The lowest BCUT2D eigenvalue weighted by molar-refractivity contribution is -0.137. The van der Waals surface area contributed by atoms with Gasteiger partial charge in [0.15, 0.2) is 0 Å². The number of hydrogen-bond acceptors (Lipinski definition) is 3. The van der Waals surface area contributed by atoms with Gasteiger partial charge in [0.2, 0.25) is 5.91 Å². The smallest absolute Gasteiger partial charge is 0.303 e. The summed E-state index contributed by atoms with van der Waals surface area (Å²) < 4.78 is 5.11. The SMILES string of the molecule is COc1ccccc1NC(=O)CCCCC(=O)O. The Morgan fingerprint density at radius 3 is 2.56 bits per heavy atom. The van der Waals surface area contributed by atoms with E-state index in [1.54, 1.807) is 12.1 Å². The van der Waals surface area contributed by atoms with Crippen LogP contribution in [-0.4, -0.2) is 24.1 Å². The third-order valence-electron chi connectivity index (χ3n) is 2.43. The van der Waals surface area contributed by atoms with Crippen LogP contribution in [0.3, 0.4) is 0 Å². The van der Waals surface area contributed by atoms with Crippen LogP contribution in [0.4, 0.5) is 5.69 Å². The topological polar surface area (TPSA) is 75.6 Å². The molecular weight excluding hydrogens is 234 g/mol. The van der Waals surface area contributed by atoms with E-state index in [1.807, 2.05) is 12.1 Å². The molecule has 0 heterocycles. The average molecular weight is 251 g/mol. The maximum Gasteiger partial charge on any atom is 0.303 e. The number of nitrogens with one attached hydrogen (secondary N) is 1. The molecule has 0 spiro atoms. The molecule has 0 aliphatic heterocycles. The monoisotopic (exact) mass is 251 g/mol. The van der Waals surface area contributed by atoms with Crippen molar-refractivity contribution < 1.29 is 19.4 Å². The van der Waals surface area contributed by atoms with Crippen molar-refractivity contribution >= 4 is 17.6 Å². The fourth-order valence-corrected chi connectivity index (χ4v) is 1.52. The normalized spacial score (nSPS) is 9.83. The van der Waals surface area contributed by atoms with Gasteiger partial charge in [0.05, 0.1) is 12.8 Å². The zero-order chi connectivity index (χ0) is 13.4. The number of aliphatic carboxylic acids is 1. The molecule has 0 aromatic heterocycles. The largest absolute Gasteiger partial charge is 0.495 e. The Kier molecular flexibility index (Phi) is 5.70. The summed E-state index contributed by atoms with van der Waals surface area (Å²) in [6.07, 6.45) is 1.48. The number of carbonyl (C=O) groups excluding carboxylic acids is 1. The Morgan fingerprint density at radius 1 is 1.22 bits per heavy atom. The molecule has 5 heteroatoms. The van der Waals surface area contributed by atoms with Crippen LogP contribution in [0.5, 0.6) is 5.75 Å². The van der Waals surface area contributed by atoms with E-state index in [9.17, 15) is 9.59 Å². The van der Waals surface area contributed by atoms with Crippen molar-refractivity contribution in [2.45, 2.75) is 25.7 Å². The number of anilines is 1. The Labute approximate surface area is 106 Å². The summed E-state index contributed by atoms with van der Waals surface area (Å²) in [6.45, 7) is 0. The minimum Gasteiger partial charge on any atom is -0.495 e. The van der Waals surface area contributed by atoms with Crippen LogP contribution in [-0.2, 0) is 9.59 Å². The van der Waals surface area contributed by atoms with E-state index in [2.05, 4.69) is 5.32 Å². The van der Waals surface area contributed by atoms with Crippen molar-refractivity contribution in [3.63, 3.8) is 0 Å². The highest BCUT2D eigenvalue weighted by molar-refractivity contribution is 5.92. The van der Waals surface area contributed by atoms with Crippen LogP contribution >= 0.6 is 0 Å². The van der Waals surface area contributed by atoms with Crippen LogP contribution in [0.1, 0.15) is 25.7 Å². The molecule has 0 atom stereocenters.